The van der Waals surface area contributed by atoms with Gasteiger partial charge in [-0.15, -0.1) is 0 Å². The molecule has 2 aromatic rings. The molecule has 4 heterocycles. The van der Waals surface area contributed by atoms with Crippen molar-refractivity contribution in [1.29, 1.82) is 0 Å². The normalized spacial score (nSPS) is 22.9. The van der Waals surface area contributed by atoms with Crippen LogP contribution in [0.4, 0.5) is 13.2 Å². The molecule has 0 unspecified atom stereocenters. The molecule has 0 radical (unpaired) electrons. The van der Waals surface area contributed by atoms with Crippen molar-refractivity contribution in [1.82, 2.24) is 36.1 Å². The highest BCUT2D eigenvalue weighted by Crippen LogP contribution is 2.28. The van der Waals surface area contributed by atoms with Gasteiger partial charge in [0, 0.05) is 31.6 Å². The number of fused-ring (bicyclic) bond motifs is 13. The topological polar surface area (TPSA) is 172 Å². The van der Waals surface area contributed by atoms with Gasteiger partial charge in [0.2, 0.25) is 23.6 Å². The number of nitrogens with one attached hydrogen (secondary N) is 4. The van der Waals surface area contributed by atoms with E-state index in [1.165, 1.54) is 18.7 Å². The second-order valence-corrected chi connectivity index (χ2v) is 12.3. The van der Waals surface area contributed by atoms with Crippen molar-refractivity contribution in [3.63, 3.8) is 0 Å². The Morgan fingerprint density at radius 1 is 1.06 bits per heavy atom. The molecule has 1 saturated heterocycles. The van der Waals surface area contributed by atoms with Gasteiger partial charge in [-0.2, -0.15) is 13.2 Å². The van der Waals surface area contributed by atoms with Crippen molar-refractivity contribution in [2.24, 2.45) is 5.92 Å². The predicted molar refractivity (Wildman–Crippen MR) is 165 cm³/mol. The summed E-state index contributed by atoms with van der Waals surface area (Å²) in [5, 5.41) is 10.6. The molecule has 2 bridgehead atoms. The van der Waals surface area contributed by atoms with E-state index in [0.29, 0.717) is 30.7 Å². The average molecular weight is 676 g/mol. The highest BCUT2D eigenvalue weighted by atomic mass is 19.4. The van der Waals surface area contributed by atoms with E-state index < -0.39 is 65.6 Å². The Bertz CT molecular complexity index is 1520. The molecular weight excluding hydrogens is 635 g/mol. The van der Waals surface area contributed by atoms with Crippen LogP contribution in [0, 0.1) is 12.8 Å². The molecule has 3 aliphatic heterocycles. The zero-order chi connectivity index (χ0) is 35.2. The number of benzene rings is 1. The van der Waals surface area contributed by atoms with Crippen LogP contribution in [-0.4, -0.2) is 88.3 Å². The first-order valence-electron chi connectivity index (χ1n) is 15.7. The Balaban J connectivity index is 1.53. The van der Waals surface area contributed by atoms with Crippen LogP contribution in [0.5, 0.6) is 5.75 Å². The quantitative estimate of drug-likeness (QED) is 0.367. The molecule has 1 aromatic carbocycles. The summed E-state index contributed by atoms with van der Waals surface area (Å²) in [6.45, 7) is 6.23. The lowest BCUT2D eigenvalue weighted by Gasteiger charge is -2.31. The van der Waals surface area contributed by atoms with Crippen molar-refractivity contribution in [3.8, 4) is 5.75 Å². The molecule has 1 fully saturated rings. The van der Waals surface area contributed by atoms with E-state index in [9.17, 15) is 37.1 Å². The fourth-order valence-corrected chi connectivity index (χ4v) is 5.51. The van der Waals surface area contributed by atoms with Crippen molar-refractivity contribution in [3.05, 3.63) is 53.1 Å². The van der Waals surface area contributed by atoms with Gasteiger partial charge < -0.3 is 30.9 Å². The summed E-state index contributed by atoms with van der Waals surface area (Å²) in [6, 6.07) is 3.30. The molecule has 5 amide bonds. The van der Waals surface area contributed by atoms with Gasteiger partial charge in [0.1, 0.15) is 41.4 Å². The number of ether oxygens (including phenoxy) is 1. The van der Waals surface area contributed by atoms with Crippen LogP contribution >= 0.6 is 0 Å². The average Bonchev–Trinajstić information content (AvgIpc) is 3.52. The van der Waals surface area contributed by atoms with E-state index in [4.69, 9.17) is 4.74 Å². The third-order valence-electron chi connectivity index (χ3n) is 8.04. The lowest BCUT2D eigenvalue weighted by molar-refractivity contribution is -0.143. The molecule has 5 rings (SSSR count). The maximum atomic E-state index is 13.5. The SMILES string of the molecule is Cc1cc(C(F)(F)F)nc(CCNC(=O)[C@@H]2Cc3ccc(cc3)OCC(=O)N[C@@H](C(C)C)C(=O)N3CCC[C@@H]3C(=O)N[C@@H](C)C(=O)N2)n1. The summed E-state index contributed by atoms with van der Waals surface area (Å²) in [4.78, 5) is 75.2. The lowest BCUT2D eigenvalue weighted by atomic mass is 10.0. The first-order chi connectivity index (χ1) is 22.6. The molecule has 1 aromatic heterocycles. The van der Waals surface area contributed by atoms with Gasteiger partial charge in [-0.25, -0.2) is 9.97 Å². The number of aryl methyl sites for hydroxylation is 1. The molecular formula is C32H40F3N7O6. The maximum Gasteiger partial charge on any atom is 0.433 e. The van der Waals surface area contributed by atoms with Crippen molar-refractivity contribution >= 4 is 29.5 Å². The number of nitrogens with zero attached hydrogens (tertiary/aromatic N) is 3. The zero-order valence-electron chi connectivity index (χ0n) is 27.1. The van der Waals surface area contributed by atoms with Crippen LogP contribution in [0.3, 0.4) is 0 Å². The number of rotatable bonds is 5. The zero-order valence-corrected chi connectivity index (χ0v) is 27.1. The first kappa shape index (κ1) is 36.1. The number of aromatic nitrogens is 2. The molecule has 3 aliphatic rings. The van der Waals surface area contributed by atoms with E-state index in [1.54, 1.807) is 38.1 Å². The highest BCUT2D eigenvalue weighted by Gasteiger charge is 2.39. The van der Waals surface area contributed by atoms with E-state index >= 15 is 0 Å². The third kappa shape index (κ3) is 9.41. The Morgan fingerprint density at radius 2 is 1.77 bits per heavy atom. The fourth-order valence-electron chi connectivity index (χ4n) is 5.51. The first-order valence-corrected chi connectivity index (χ1v) is 15.7. The Hall–Kier alpha value is -4.76. The lowest BCUT2D eigenvalue weighted by Crippen LogP contribution is -2.58. The monoisotopic (exact) mass is 675 g/mol. The van der Waals surface area contributed by atoms with E-state index in [0.717, 1.165) is 6.07 Å². The molecule has 48 heavy (non-hydrogen) atoms. The summed E-state index contributed by atoms with van der Waals surface area (Å²) in [6.07, 6.45) is -3.83. The van der Waals surface area contributed by atoms with E-state index in [2.05, 4.69) is 31.2 Å². The van der Waals surface area contributed by atoms with Crippen LogP contribution in [0.25, 0.3) is 0 Å². The third-order valence-corrected chi connectivity index (χ3v) is 8.04. The molecule has 16 heteroatoms. The largest absolute Gasteiger partial charge is 0.484 e. The number of hydrogen-bond acceptors (Lipinski definition) is 8. The van der Waals surface area contributed by atoms with E-state index in [1.807, 2.05) is 0 Å². The number of halogens is 3. The second-order valence-electron chi connectivity index (χ2n) is 12.3. The minimum atomic E-state index is -4.65. The molecule has 0 spiro atoms. The number of alkyl halides is 3. The van der Waals surface area contributed by atoms with Crippen LogP contribution in [0.2, 0.25) is 0 Å². The predicted octanol–water partition coefficient (Wildman–Crippen LogP) is 1.22. The number of hydrogen-bond donors (Lipinski definition) is 4. The maximum absolute atomic E-state index is 13.5. The minimum absolute atomic E-state index is 0.0130. The standard InChI is InChI=1S/C32H40F3N7O6/c1-17(2)27-31(47)42-13-5-6-23(42)30(46)38-19(4)28(44)39-22(15-20-7-9-21(10-8-20)48-16-26(43)41-27)29(45)36-12-11-25-37-18(3)14-24(40-25)32(33,34)35/h7-10,14,17,19,22-23,27H,5-6,11-13,15-16H2,1-4H3,(H,36,45)(H,38,46)(H,39,44)(H,41,43)/t19-,22-,23+,27-/m0/s1. The Kier molecular flexibility index (Phi) is 11.6. The Labute approximate surface area is 275 Å². The molecule has 0 aliphatic carbocycles. The summed E-state index contributed by atoms with van der Waals surface area (Å²) < 4.78 is 45.2. The van der Waals surface area contributed by atoms with E-state index in [-0.39, 0.29) is 43.4 Å². The van der Waals surface area contributed by atoms with Crippen molar-refractivity contribution in [2.75, 3.05) is 19.7 Å². The van der Waals surface area contributed by atoms with Gasteiger partial charge in [-0.1, -0.05) is 26.0 Å². The van der Waals surface area contributed by atoms with Gasteiger partial charge in [-0.3, -0.25) is 24.0 Å². The van der Waals surface area contributed by atoms with Gasteiger partial charge in [-0.05, 0) is 56.4 Å². The molecule has 4 N–H and O–H groups in total. The van der Waals surface area contributed by atoms with Crippen molar-refractivity contribution in [2.45, 2.75) is 83.7 Å². The number of carbonyl (C=O) groups is 5. The number of amides is 5. The summed E-state index contributed by atoms with van der Waals surface area (Å²) in [5.41, 5.74) is -0.345. The van der Waals surface area contributed by atoms with Crippen LogP contribution in [0.1, 0.15) is 56.4 Å². The summed E-state index contributed by atoms with van der Waals surface area (Å²) >= 11 is 0. The smallest absolute Gasteiger partial charge is 0.433 e. The fraction of sp³-hybridized carbons (Fsp3) is 0.531. The molecule has 0 saturated carbocycles. The molecule has 13 nitrogen and oxygen atoms in total. The highest BCUT2D eigenvalue weighted by molar-refractivity contribution is 5.96. The van der Waals surface area contributed by atoms with Gasteiger partial charge in [0.05, 0.1) is 0 Å². The van der Waals surface area contributed by atoms with Gasteiger partial charge >= 0.3 is 6.18 Å². The van der Waals surface area contributed by atoms with Crippen molar-refractivity contribution < 1.29 is 41.9 Å². The van der Waals surface area contributed by atoms with Crippen LogP contribution < -0.4 is 26.0 Å². The number of carbonyl (C=O) groups excluding carboxylic acids is 5. The summed E-state index contributed by atoms with van der Waals surface area (Å²) in [7, 11) is 0. The minimum Gasteiger partial charge on any atom is -0.484 e. The Morgan fingerprint density at radius 3 is 2.44 bits per heavy atom. The van der Waals surface area contributed by atoms with Gasteiger partial charge in [0.15, 0.2) is 6.61 Å². The second kappa shape index (κ2) is 15.4. The molecule has 4 atom stereocenters. The molecule has 260 valence electrons. The van der Waals surface area contributed by atoms with Crippen LogP contribution in [-0.2, 0) is 43.0 Å². The summed E-state index contributed by atoms with van der Waals surface area (Å²) in [5.74, 6) is -2.81. The van der Waals surface area contributed by atoms with Crippen LogP contribution in [0.15, 0.2) is 30.3 Å². The van der Waals surface area contributed by atoms with Gasteiger partial charge in [0.25, 0.3) is 5.91 Å².